The molecule has 1 aromatic carbocycles. The number of halogens is 1. The van der Waals surface area contributed by atoms with Gasteiger partial charge in [-0.1, -0.05) is 6.07 Å². The van der Waals surface area contributed by atoms with Gasteiger partial charge in [-0.3, -0.25) is 10.1 Å². The van der Waals surface area contributed by atoms with Crippen LogP contribution in [0, 0.1) is 15.9 Å². The van der Waals surface area contributed by atoms with Crippen LogP contribution in [0.5, 0.6) is 0 Å². The van der Waals surface area contributed by atoms with Crippen molar-refractivity contribution in [2.45, 2.75) is 0 Å². The number of hydrogen-bond acceptors (Lipinski definition) is 5. The van der Waals surface area contributed by atoms with E-state index >= 15 is 0 Å². The predicted molar refractivity (Wildman–Crippen MR) is 53.0 cm³/mol. The summed E-state index contributed by atoms with van der Waals surface area (Å²) in [4.78, 5) is 13.6. The van der Waals surface area contributed by atoms with Crippen molar-refractivity contribution in [3.05, 3.63) is 40.3 Å². The van der Waals surface area contributed by atoms with E-state index < -0.39 is 16.4 Å². The highest BCUT2D eigenvalue weighted by Crippen LogP contribution is 2.32. The zero-order valence-corrected chi connectivity index (χ0v) is 7.88. The van der Waals surface area contributed by atoms with Crippen LogP contribution in [0.15, 0.2) is 28.8 Å². The molecule has 0 fully saturated rings. The Balaban J connectivity index is 2.67. The molecule has 0 aliphatic heterocycles. The summed E-state index contributed by atoms with van der Waals surface area (Å²) >= 11 is 0. The summed E-state index contributed by atoms with van der Waals surface area (Å²) in [6, 6.07) is 3.35. The number of benzene rings is 1. The van der Waals surface area contributed by atoms with Crippen molar-refractivity contribution in [3.63, 3.8) is 0 Å². The summed E-state index contributed by atoms with van der Waals surface area (Å²) in [5, 5.41) is 10.7. The molecule has 2 N–H and O–H groups in total. The van der Waals surface area contributed by atoms with Crippen LogP contribution < -0.4 is 5.73 Å². The van der Waals surface area contributed by atoms with Crippen LogP contribution in [-0.4, -0.2) is 9.91 Å². The molecule has 6 nitrogen and oxygen atoms in total. The molecule has 0 unspecified atom stereocenters. The number of rotatable bonds is 2. The van der Waals surface area contributed by atoms with E-state index in [2.05, 4.69) is 4.98 Å². The molecule has 2 rings (SSSR count). The maximum Gasteiger partial charge on any atom is 0.292 e. The van der Waals surface area contributed by atoms with Crippen molar-refractivity contribution in [2.75, 3.05) is 5.73 Å². The normalized spacial score (nSPS) is 10.3. The van der Waals surface area contributed by atoms with Crippen LogP contribution >= 0.6 is 0 Å². The topological polar surface area (TPSA) is 95.2 Å². The fourth-order valence-corrected chi connectivity index (χ4v) is 1.31. The Morgan fingerprint density at radius 1 is 1.50 bits per heavy atom. The fourth-order valence-electron chi connectivity index (χ4n) is 1.31. The molecular weight excluding hydrogens is 217 g/mol. The van der Waals surface area contributed by atoms with Gasteiger partial charge in [-0.25, -0.2) is 9.37 Å². The van der Waals surface area contributed by atoms with Gasteiger partial charge in [-0.15, -0.1) is 0 Å². The number of hydrogen-bond donors (Lipinski definition) is 1. The third-order valence-electron chi connectivity index (χ3n) is 1.96. The molecule has 1 aromatic heterocycles. The lowest BCUT2D eigenvalue weighted by atomic mass is 10.1. The maximum absolute atomic E-state index is 13.5. The zero-order chi connectivity index (χ0) is 11.7. The first kappa shape index (κ1) is 10.1. The van der Waals surface area contributed by atoms with Gasteiger partial charge < -0.3 is 10.2 Å². The average Bonchev–Trinajstić information content (AvgIpc) is 2.64. The SMILES string of the molecule is Nc1ncc(-c2c(F)cccc2[N+](=O)[O-])o1. The second-order valence-corrected chi connectivity index (χ2v) is 2.95. The smallest absolute Gasteiger partial charge is 0.292 e. The molecular formula is C9H6FN3O3. The molecule has 0 radical (unpaired) electrons. The number of nitro groups is 1. The van der Waals surface area contributed by atoms with E-state index in [0.29, 0.717) is 0 Å². The largest absolute Gasteiger partial charge is 0.423 e. The molecule has 0 spiro atoms. The van der Waals surface area contributed by atoms with Crippen LogP contribution in [0.25, 0.3) is 11.3 Å². The van der Waals surface area contributed by atoms with Crippen molar-refractivity contribution in [1.82, 2.24) is 4.98 Å². The van der Waals surface area contributed by atoms with Gasteiger partial charge in [0.25, 0.3) is 11.7 Å². The van der Waals surface area contributed by atoms with Crippen molar-refractivity contribution >= 4 is 11.7 Å². The number of nitrogens with zero attached hydrogens (tertiary/aromatic N) is 2. The van der Waals surface area contributed by atoms with Gasteiger partial charge in [0.2, 0.25) is 0 Å². The number of aromatic nitrogens is 1. The van der Waals surface area contributed by atoms with Gasteiger partial charge in [0.1, 0.15) is 11.4 Å². The van der Waals surface area contributed by atoms with Crippen LogP contribution in [0.3, 0.4) is 0 Å². The quantitative estimate of drug-likeness (QED) is 0.620. The minimum atomic E-state index is -0.759. The molecule has 0 amide bonds. The van der Waals surface area contributed by atoms with E-state index in [4.69, 9.17) is 10.2 Å². The second-order valence-electron chi connectivity index (χ2n) is 2.95. The summed E-state index contributed by atoms with van der Waals surface area (Å²) < 4.78 is 18.3. The van der Waals surface area contributed by atoms with Gasteiger partial charge in [0, 0.05) is 6.07 Å². The number of nitrogen functional groups attached to an aromatic ring is 1. The molecule has 0 aliphatic rings. The molecule has 0 atom stereocenters. The van der Waals surface area contributed by atoms with Crippen LogP contribution in [0.1, 0.15) is 0 Å². The van der Waals surface area contributed by atoms with Gasteiger partial charge >= 0.3 is 0 Å². The lowest BCUT2D eigenvalue weighted by Crippen LogP contribution is -1.93. The van der Waals surface area contributed by atoms with E-state index in [1.807, 2.05) is 0 Å². The maximum atomic E-state index is 13.5. The number of nitro benzene ring substituents is 1. The van der Waals surface area contributed by atoms with E-state index in [9.17, 15) is 14.5 Å². The number of nitrogens with two attached hydrogens (primary N) is 1. The van der Waals surface area contributed by atoms with Crippen molar-refractivity contribution in [3.8, 4) is 11.3 Å². The Hall–Kier alpha value is -2.44. The minimum absolute atomic E-state index is 0.0673. The Morgan fingerprint density at radius 2 is 2.25 bits per heavy atom. The van der Waals surface area contributed by atoms with Gasteiger partial charge in [-0.05, 0) is 6.07 Å². The Kier molecular flexibility index (Phi) is 2.28. The van der Waals surface area contributed by atoms with Gasteiger partial charge in [0.15, 0.2) is 5.76 Å². The Morgan fingerprint density at radius 3 is 2.81 bits per heavy atom. The monoisotopic (exact) mass is 223 g/mol. The lowest BCUT2D eigenvalue weighted by molar-refractivity contribution is -0.384. The van der Waals surface area contributed by atoms with Crippen LogP contribution in [-0.2, 0) is 0 Å². The van der Waals surface area contributed by atoms with E-state index in [1.54, 1.807) is 0 Å². The zero-order valence-electron chi connectivity index (χ0n) is 7.88. The summed E-state index contributed by atoms with van der Waals surface area (Å²) in [5.41, 5.74) is 4.58. The van der Waals surface area contributed by atoms with Gasteiger partial charge in [0.05, 0.1) is 11.1 Å². The number of anilines is 1. The second kappa shape index (κ2) is 3.61. The molecule has 0 saturated carbocycles. The van der Waals surface area contributed by atoms with Crippen LogP contribution in [0.2, 0.25) is 0 Å². The molecule has 0 aliphatic carbocycles. The molecule has 7 heteroatoms. The summed E-state index contributed by atoms with van der Waals surface area (Å²) in [5.74, 6) is -0.826. The lowest BCUT2D eigenvalue weighted by Gasteiger charge is -1.99. The standard InChI is InChI=1S/C9H6FN3O3/c10-5-2-1-3-6(13(14)15)8(5)7-4-12-9(11)16-7/h1-4H,(H2,11,12). The summed E-state index contributed by atoms with van der Waals surface area (Å²) in [6.45, 7) is 0. The minimum Gasteiger partial charge on any atom is -0.423 e. The first-order valence-electron chi connectivity index (χ1n) is 4.24. The van der Waals surface area contributed by atoms with Gasteiger partial charge in [-0.2, -0.15) is 0 Å². The Bertz CT molecular complexity index is 553. The highest BCUT2D eigenvalue weighted by Gasteiger charge is 2.22. The highest BCUT2D eigenvalue weighted by molar-refractivity contribution is 5.69. The van der Waals surface area contributed by atoms with Crippen molar-refractivity contribution < 1.29 is 13.7 Å². The summed E-state index contributed by atoms with van der Waals surface area (Å²) in [6.07, 6.45) is 1.14. The number of oxazole rings is 1. The molecule has 16 heavy (non-hydrogen) atoms. The first-order valence-corrected chi connectivity index (χ1v) is 4.24. The molecule has 0 saturated heterocycles. The molecule has 82 valence electrons. The highest BCUT2D eigenvalue weighted by atomic mass is 19.1. The molecule has 0 bridgehead atoms. The van der Waals surface area contributed by atoms with Crippen molar-refractivity contribution in [2.24, 2.45) is 0 Å². The summed E-state index contributed by atoms with van der Waals surface area (Å²) in [7, 11) is 0. The molecule has 1 heterocycles. The van der Waals surface area contributed by atoms with E-state index in [1.165, 1.54) is 12.1 Å². The first-order chi connectivity index (χ1) is 7.59. The van der Waals surface area contributed by atoms with E-state index in [0.717, 1.165) is 12.3 Å². The van der Waals surface area contributed by atoms with Crippen molar-refractivity contribution in [1.29, 1.82) is 0 Å². The fraction of sp³-hybridized carbons (Fsp3) is 0. The third-order valence-corrected chi connectivity index (χ3v) is 1.96. The third kappa shape index (κ3) is 1.58. The Labute approximate surface area is 88.7 Å². The average molecular weight is 223 g/mol. The van der Waals surface area contributed by atoms with E-state index in [-0.39, 0.29) is 17.3 Å². The van der Waals surface area contributed by atoms with Crippen LogP contribution in [0.4, 0.5) is 16.1 Å². The molecule has 2 aromatic rings. The predicted octanol–water partition coefficient (Wildman–Crippen LogP) is 1.97.